The number of hydrogen-bond acceptors (Lipinski definition) is 4. The van der Waals surface area contributed by atoms with Gasteiger partial charge in [-0.1, -0.05) is 23.4 Å². The standard InChI is InChI=1S/C10H7BrClN3O2S/c11-6-2-1-5(3-7(6)12)9-13-10(15-14-9)18-4-8(16)17/h1-3H,4H2,(H,16,17)(H,13,14,15). The number of carbonyl (C=O) groups is 1. The van der Waals surface area contributed by atoms with Gasteiger partial charge in [0.1, 0.15) is 0 Å². The van der Waals surface area contributed by atoms with Crippen LogP contribution in [0.5, 0.6) is 0 Å². The number of aromatic amines is 1. The van der Waals surface area contributed by atoms with E-state index < -0.39 is 5.97 Å². The zero-order valence-corrected chi connectivity index (χ0v) is 12.0. The summed E-state index contributed by atoms with van der Waals surface area (Å²) in [6.45, 7) is 0. The molecule has 0 aliphatic heterocycles. The highest BCUT2D eigenvalue weighted by Crippen LogP contribution is 2.27. The second kappa shape index (κ2) is 5.73. The lowest BCUT2D eigenvalue weighted by atomic mass is 10.2. The number of carboxylic acid groups (broad SMARTS) is 1. The molecule has 2 aromatic rings. The lowest BCUT2D eigenvalue weighted by molar-refractivity contribution is -0.133. The molecule has 0 amide bonds. The van der Waals surface area contributed by atoms with Crippen LogP contribution in [0.2, 0.25) is 5.02 Å². The molecule has 0 unspecified atom stereocenters. The molecular formula is C10H7BrClN3O2S. The third-order valence-corrected chi connectivity index (χ3v) is 4.05. The Morgan fingerprint density at radius 2 is 2.33 bits per heavy atom. The van der Waals surface area contributed by atoms with Crippen LogP contribution >= 0.6 is 39.3 Å². The first-order chi connectivity index (χ1) is 8.56. The normalized spacial score (nSPS) is 10.6. The van der Waals surface area contributed by atoms with Crippen molar-refractivity contribution in [3.05, 3.63) is 27.7 Å². The topological polar surface area (TPSA) is 78.9 Å². The Hall–Kier alpha value is -1.05. The van der Waals surface area contributed by atoms with E-state index in [1.807, 2.05) is 12.1 Å². The second-order valence-electron chi connectivity index (χ2n) is 3.28. The molecule has 18 heavy (non-hydrogen) atoms. The summed E-state index contributed by atoms with van der Waals surface area (Å²) in [7, 11) is 0. The number of hydrogen-bond donors (Lipinski definition) is 2. The fraction of sp³-hybridized carbons (Fsp3) is 0.100. The van der Waals surface area contributed by atoms with Crippen molar-refractivity contribution in [3.8, 4) is 11.4 Å². The van der Waals surface area contributed by atoms with Crippen LogP contribution in [0.15, 0.2) is 27.8 Å². The summed E-state index contributed by atoms with van der Waals surface area (Å²) < 4.78 is 0.799. The van der Waals surface area contributed by atoms with Crippen molar-refractivity contribution < 1.29 is 9.90 Å². The molecule has 5 nitrogen and oxygen atoms in total. The molecule has 0 radical (unpaired) electrons. The van der Waals surface area contributed by atoms with Crippen molar-refractivity contribution in [1.82, 2.24) is 15.2 Å². The molecule has 94 valence electrons. The molecule has 0 spiro atoms. The number of thioether (sulfide) groups is 1. The number of nitrogens with zero attached hydrogens (tertiary/aromatic N) is 2. The van der Waals surface area contributed by atoms with E-state index in [1.54, 1.807) is 6.07 Å². The summed E-state index contributed by atoms with van der Waals surface area (Å²) in [6.07, 6.45) is 0. The van der Waals surface area contributed by atoms with Crippen LogP contribution in [0.3, 0.4) is 0 Å². The molecule has 0 bridgehead atoms. The Morgan fingerprint density at radius 3 is 3.00 bits per heavy atom. The van der Waals surface area contributed by atoms with Crippen molar-refractivity contribution >= 4 is 45.3 Å². The van der Waals surface area contributed by atoms with E-state index in [0.29, 0.717) is 16.0 Å². The van der Waals surface area contributed by atoms with Crippen molar-refractivity contribution in [3.63, 3.8) is 0 Å². The number of nitrogens with one attached hydrogen (secondary N) is 1. The molecule has 0 saturated heterocycles. The summed E-state index contributed by atoms with van der Waals surface area (Å²) >= 11 is 10.3. The number of benzene rings is 1. The highest BCUT2D eigenvalue weighted by molar-refractivity contribution is 9.10. The molecular weight excluding hydrogens is 342 g/mol. The fourth-order valence-corrected chi connectivity index (χ4v) is 2.16. The Morgan fingerprint density at radius 1 is 1.56 bits per heavy atom. The summed E-state index contributed by atoms with van der Waals surface area (Å²) in [5, 5.41) is 16.2. The van der Waals surface area contributed by atoms with E-state index in [2.05, 4.69) is 31.1 Å². The van der Waals surface area contributed by atoms with Gasteiger partial charge in [0, 0.05) is 10.0 Å². The van der Waals surface area contributed by atoms with Gasteiger partial charge in [0.15, 0.2) is 5.82 Å². The van der Waals surface area contributed by atoms with Gasteiger partial charge in [0.25, 0.3) is 0 Å². The molecule has 0 saturated carbocycles. The zero-order chi connectivity index (χ0) is 13.1. The van der Waals surface area contributed by atoms with Gasteiger partial charge in [-0.2, -0.15) is 0 Å². The van der Waals surface area contributed by atoms with E-state index in [4.69, 9.17) is 16.7 Å². The van der Waals surface area contributed by atoms with E-state index in [0.717, 1.165) is 21.8 Å². The number of aliphatic carboxylic acids is 1. The van der Waals surface area contributed by atoms with Crippen molar-refractivity contribution in [2.75, 3.05) is 5.75 Å². The number of H-pyrrole nitrogens is 1. The van der Waals surface area contributed by atoms with Crippen molar-refractivity contribution in [2.24, 2.45) is 0 Å². The van der Waals surface area contributed by atoms with Gasteiger partial charge in [-0.25, -0.2) is 4.98 Å². The first-order valence-electron chi connectivity index (χ1n) is 4.78. The van der Waals surface area contributed by atoms with Crippen LogP contribution in [0, 0.1) is 0 Å². The van der Waals surface area contributed by atoms with Crippen molar-refractivity contribution in [1.29, 1.82) is 0 Å². The SMILES string of the molecule is O=C(O)CSc1n[nH]c(-c2ccc(Br)c(Cl)c2)n1. The fourth-order valence-electron chi connectivity index (χ4n) is 1.21. The van der Waals surface area contributed by atoms with E-state index >= 15 is 0 Å². The molecule has 0 aliphatic carbocycles. The monoisotopic (exact) mass is 347 g/mol. The average Bonchev–Trinajstić information content (AvgIpc) is 2.79. The highest BCUT2D eigenvalue weighted by atomic mass is 79.9. The smallest absolute Gasteiger partial charge is 0.313 e. The summed E-state index contributed by atoms with van der Waals surface area (Å²) in [5.74, 6) is -0.423. The van der Waals surface area contributed by atoms with Crippen molar-refractivity contribution in [2.45, 2.75) is 5.16 Å². The van der Waals surface area contributed by atoms with E-state index in [9.17, 15) is 4.79 Å². The number of aromatic nitrogens is 3. The molecule has 0 fully saturated rings. The molecule has 1 heterocycles. The molecule has 0 atom stereocenters. The summed E-state index contributed by atoms with van der Waals surface area (Å²) in [4.78, 5) is 14.6. The second-order valence-corrected chi connectivity index (χ2v) is 5.48. The molecule has 0 aliphatic rings. The molecule has 1 aromatic heterocycles. The molecule has 2 N–H and O–H groups in total. The zero-order valence-electron chi connectivity index (χ0n) is 8.85. The minimum absolute atomic E-state index is 0.0710. The maximum absolute atomic E-state index is 10.4. The maximum Gasteiger partial charge on any atom is 0.313 e. The summed E-state index contributed by atoms with van der Waals surface area (Å²) in [5.41, 5.74) is 0.790. The third kappa shape index (κ3) is 3.24. The Bertz CT molecular complexity index is 590. The van der Waals surface area contributed by atoms with Gasteiger partial charge in [0.05, 0.1) is 10.8 Å². The molecule has 2 rings (SSSR count). The lowest BCUT2D eigenvalue weighted by Crippen LogP contribution is -1.97. The maximum atomic E-state index is 10.4. The van der Waals surface area contributed by atoms with E-state index in [-0.39, 0.29) is 5.75 Å². The first-order valence-corrected chi connectivity index (χ1v) is 6.94. The number of carboxylic acids is 1. The van der Waals surface area contributed by atoms with Gasteiger partial charge in [0.2, 0.25) is 5.16 Å². The van der Waals surface area contributed by atoms with Crippen LogP contribution in [-0.2, 0) is 4.79 Å². The highest BCUT2D eigenvalue weighted by Gasteiger charge is 2.09. The van der Waals surface area contributed by atoms with Gasteiger partial charge < -0.3 is 5.11 Å². The van der Waals surface area contributed by atoms with Gasteiger partial charge >= 0.3 is 5.97 Å². The predicted molar refractivity (Wildman–Crippen MR) is 72.9 cm³/mol. The molecule has 8 heteroatoms. The Balaban J connectivity index is 2.18. The van der Waals surface area contributed by atoms with Gasteiger partial charge in [-0.15, -0.1) is 5.10 Å². The third-order valence-electron chi connectivity index (χ3n) is 1.98. The first kappa shape index (κ1) is 13.4. The minimum atomic E-state index is -0.905. The van der Waals surface area contributed by atoms with Crippen LogP contribution in [-0.4, -0.2) is 32.0 Å². The van der Waals surface area contributed by atoms with Crippen LogP contribution < -0.4 is 0 Å². The predicted octanol–water partition coefficient (Wildman–Crippen LogP) is 3.06. The lowest BCUT2D eigenvalue weighted by Gasteiger charge is -1.98. The Kier molecular flexibility index (Phi) is 4.26. The van der Waals surface area contributed by atoms with Gasteiger partial charge in [-0.05, 0) is 34.1 Å². The summed E-state index contributed by atoms with van der Waals surface area (Å²) in [6, 6.07) is 5.39. The van der Waals surface area contributed by atoms with Gasteiger partial charge in [-0.3, -0.25) is 9.89 Å². The number of halogens is 2. The Labute approximate surface area is 120 Å². The molecule has 1 aromatic carbocycles. The van der Waals surface area contributed by atoms with Crippen LogP contribution in [0.1, 0.15) is 0 Å². The van der Waals surface area contributed by atoms with E-state index in [1.165, 1.54) is 0 Å². The minimum Gasteiger partial charge on any atom is -0.481 e. The van der Waals surface area contributed by atoms with Crippen LogP contribution in [0.25, 0.3) is 11.4 Å². The quantitative estimate of drug-likeness (QED) is 0.830. The number of rotatable bonds is 4. The van der Waals surface area contributed by atoms with Crippen LogP contribution in [0.4, 0.5) is 0 Å². The average molecular weight is 349 g/mol. The largest absolute Gasteiger partial charge is 0.481 e.